The highest BCUT2D eigenvalue weighted by Crippen LogP contribution is 2.20. The second-order valence-electron chi connectivity index (χ2n) is 5.35. The molecular weight excluding hydrogens is 258 g/mol. The van der Waals surface area contributed by atoms with Gasteiger partial charge in [-0.05, 0) is 32.4 Å². The molecule has 0 aromatic heterocycles. The van der Waals surface area contributed by atoms with E-state index in [-0.39, 0.29) is 29.9 Å². The highest BCUT2D eigenvalue weighted by atomic mass is 16.2. The zero-order valence-electron chi connectivity index (χ0n) is 12.0. The van der Waals surface area contributed by atoms with Crippen LogP contribution in [0.25, 0.3) is 0 Å². The van der Waals surface area contributed by atoms with E-state index in [1.807, 2.05) is 6.92 Å². The SMILES string of the molecule is CCC(=O)NCCCNC1NNC(=O)C2CCCNC12. The topological polar surface area (TPSA) is 94.3 Å². The lowest BCUT2D eigenvalue weighted by molar-refractivity contribution is -0.131. The van der Waals surface area contributed by atoms with Crippen LogP contribution in [0.15, 0.2) is 0 Å². The number of piperidine rings is 1. The van der Waals surface area contributed by atoms with E-state index in [0.717, 1.165) is 32.4 Å². The standard InChI is InChI=1S/C13H25N5O2/c1-2-10(19)14-7-4-8-16-12-11-9(5-3-6-15-11)13(20)18-17-12/h9,11-12,15-17H,2-8H2,1H3,(H,14,19)(H,18,20). The summed E-state index contributed by atoms with van der Waals surface area (Å²) in [4.78, 5) is 22.9. The number of hydrazine groups is 1. The Hall–Kier alpha value is -1.18. The van der Waals surface area contributed by atoms with Gasteiger partial charge in [0, 0.05) is 19.0 Å². The second-order valence-corrected chi connectivity index (χ2v) is 5.35. The Bertz CT molecular complexity index is 350. The van der Waals surface area contributed by atoms with Crippen molar-refractivity contribution in [3.63, 3.8) is 0 Å². The first-order valence-corrected chi connectivity index (χ1v) is 7.51. The van der Waals surface area contributed by atoms with E-state index in [1.54, 1.807) is 0 Å². The number of hydrogen-bond acceptors (Lipinski definition) is 5. The number of nitrogens with one attached hydrogen (secondary N) is 5. The van der Waals surface area contributed by atoms with Gasteiger partial charge in [-0.25, -0.2) is 5.43 Å². The molecule has 0 spiro atoms. The van der Waals surface area contributed by atoms with Gasteiger partial charge >= 0.3 is 0 Å². The first-order valence-electron chi connectivity index (χ1n) is 7.51. The van der Waals surface area contributed by atoms with E-state index in [2.05, 4.69) is 26.8 Å². The Morgan fingerprint density at radius 2 is 2.25 bits per heavy atom. The summed E-state index contributed by atoms with van der Waals surface area (Å²) in [5.74, 6) is 0.208. The van der Waals surface area contributed by atoms with Crippen LogP contribution in [-0.4, -0.2) is 43.7 Å². The molecule has 2 heterocycles. The molecule has 114 valence electrons. The smallest absolute Gasteiger partial charge is 0.238 e. The highest BCUT2D eigenvalue weighted by Gasteiger charge is 2.39. The van der Waals surface area contributed by atoms with Crippen LogP contribution in [0.3, 0.4) is 0 Å². The number of fused-ring (bicyclic) bond motifs is 1. The van der Waals surface area contributed by atoms with Crippen molar-refractivity contribution >= 4 is 11.8 Å². The largest absolute Gasteiger partial charge is 0.356 e. The van der Waals surface area contributed by atoms with Crippen LogP contribution in [0.2, 0.25) is 0 Å². The van der Waals surface area contributed by atoms with Crippen molar-refractivity contribution in [3.05, 3.63) is 0 Å². The lowest BCUT2D eigenvalue weighted by Crippen LogP contribution is -2.71. The predicted molar refractivity (Wildman–Crippen MR) is 75.5 cm³/mol. The summed E-state index contributed by atoms with van der Waals surface area (Å²) >= 11 is 0. The molecule has 0 aliphatic carbocycles. The molecule has 20 heavy (non-hydrogen) atoms. The zero-order valence-corrected chi connectivity index (χ0v) is 12.0. The third-order valence-electron chi connectivity index (χ3n) is 3.91. The van der Waals surface area contributed by atoms with Gasteiger partial charge in [-0.2, -0.15) is 0 Å². The maximum atomic E-state index is 11.8. The molecule has 0 aromatic carbocycles. The minimum Gasteiger partial charge on any atom is -0.356 e. The monoisotopic (exact) mass is 283 g/mol. The summed E-state index contributed by atoms with van der Waals surface area (Å²) in [5.41, 5.74) is 5.76. The Labute approximate surface area is 119 Å². The minimum absolute atomic E-state index is 0.0416. The highest BCUT2D eigenvalue weighted by molar-refractivity contribution is 5.80. The summed E-state index contributed by atoms with van der Waals surface area (Å²) in [7, 11) is 0. The summed E-state index contributed by atoms with van der Waals surface area (Å²) in [6.45, 7) is 4.28. The summed E-state index contributed by atoms with van der Waals surface area (Å²) in [6, 6.07) is 0.141. The molecule has 0 radical (unpaired) electrons. The molecule has 2 saturated heterocycles. The predicted octanol–water partition coefficient (Wildman–Crippen LogP) is -1.18. The fourth-order valence-corrected chi connectivity index (χ4v) is 2.76. The van der Waals surface area contributed by atoms with Gasteiger partial charge in [0.1, 0.15) is 0 Å². The number of rotatable bonds is 6. The Balaban J connectivity index is 1.69. The van der Waals surface area contributed by atoms with Crippen LogP contribution in [0.1, 0.15) is 32.6 Å². The van der Waals surface area contributed by atoms with Crippen molar-refractivity contribution in [1.29, 1.82) is 0 Å². The van der Waals surface area contributed by atoms with Crippen LogP contribution >= 0.6 is 0 Å². The number of carbonyl (C=O) groups is 2. The van der Waals surface area contributed by atoms with Gasteiger partial charge in [0.25, 0.3) is 0 Å². The Morgan fingerprint density at radius 3 is 3.05 bits per heavy atom. The number of amides is 2. The molecule has 7 nitrogen and oxygen atoms in total. The first-order chi connectivity index (χ1) is 9.72. The van der Waals surface area contributed by atoms with E-state index in [9.17, 15) is 9.59 Å². The molecular formula is C13H25N5O2. The second kappa shape index (κ2) is 7.56. The number of carbonyl (C=O) groups excluding carboxylic acids is 2. The Kier molecular flexibility index (Phi) is 5.75. The maximum absolute atomic E-state index is 11.8. The van der Waals surface area contributed by atoms with Crippen molar-refractivity contribution in [3.8, 4) is 0 Å². The number of hydrogen-bond donors (Lipinski definition) is 5. The van der Waals surface area contributed by atoms with Gasteiger partial charge in [-0.3, -0.25) is 20.3 Å². The fraction of sp³-hybridized carbons (Fsp3) is 0.846. The molecule has 7 heteroatoms. The molecule has 2 aliphatic heterocycles. The zero-order chi connectivity index (χ0) is 14.4. The molecule has 2 amide bonds. The normalized spacial score (nSPS) is 29.4. The van der Waals surface area contributed by atoms with Crippen molar-refractivity contribution in [2.75, 3.05) is 19.6 Å². The average molecular weight is 283 g/mol. The minimum atomic E-state index is 0.0416. The van der Waals surface area contributed by atoms with Crippen LogP contribution in [0.4, 0.5) is 0 Å². The summed E-state index contributed by atoms with van der Waals surface area (Å²) in [6.07, 6.45) is 3.42. The van der Waals surface area contributed by atoms with Crippen molar-refractivity contribution < 1.29 is 9.59 Å². The molecule has 2 fully saturated rings. The van der Waals surface area contributed by atoms with Crippen molar-refractivity contribution in [2.24, 2.45) is 5.92 Å². The average Bonchev–Trinajstić information content (AvgIpc) is 2.49. The van der Waals surface area contributed by atoms with Gasteiger partial charge in [0.15, 0.2) is 0 Å². The van der Waals surface area contributed by atoms with Crippen LogP contribution < -0.4 is 26.8 Å². The molecule has 2 aliphatic rings. The summed E-state index contributed by atoms with van der Waals surface area (Å²) < 4.78 is 0. The third-order valence-corrected chi connectivity index (χ3v) is 3.91. The van der Waals surface area contributed by atoms with Crippen LogP contribution in [0.5, 0.6) is 0 Å². The van der Waals surface area contributed by atoms with Gasteiger partial charge in [0.05, 0.1) is 12.1 Å². The third kappa shape index (κ3) is 3.91. The maximum Gasteiger partial charge on any atom is 0.238 e. The fourth-order valence-electron chi connectivity index (χ4n) is 2.76. The van der Waals surface area contributed by atoms with E-state index >= 15 is 0 Å². The quantitative estimate of drug-likeness (QED) is 0.396. The van der Waals surface area contributed by atoms with E-state index in [4.69, 9.17) is 0 Å². The molecule has 0 saturated carbocycles. The van der Waals surface area contributed by atoms with Crippen LogP contribution in [-0.2, 0) is 9.59 Å². The molecule has 5 N–H and O–H groups in total. The molecule has 0 aromatic rings. The van der Waals surface area contributed by atoms with E-state index in [1.165, 1.54) is 0 Å². The molecule has 3 unspecified atom stereocenters. The van der Waals surface area contributed by atoms with Gasteiger partial charge < -0.3 is 10.6 Å². The van der Waals surface area contributed by atoms with Crippen molar-refractivity contribution in [2.45, 2.75) is 44.8 Å². The lowest BCUT2D eigenvalue weighted by Gasteiger charge is -2.42. The van der Waals surface area contributed by atoms with E-state index < -0.39 is 0 Å². The Morgan fingerprint density at radius 1 is 1.40 bits per heavy atom. The van der Waals surface area contributed by atoms with Gasteiger partial charge in [-0.15, -0.1) is 0 Å². The van der Waals surface area contributed by atoms with Gasteiger partial charge in [0.2, 0.25) is 11.8 Å². The van der Waals surface area contributed by atoms with Crippen molar-refractivity contribution in [1.82, 2.24) is 26.8 Å². The summed E-state index contributed by atoms with van der Waals surface area (Å²) in [5, 5.41) is 9.66. The lowest BCUT2D eigenvalue weighted by atomic mass is 9.87. The van der Waals surface area contributed by atoms with Crippen LogP contribution in [0, 0.1) is 5.92 Å². The molecule has 0 bridgehead atoms. The first kappa shape index (κ1) is 15.2. The molecule has 2 rings (SSSR count). The van der Waals surface area contributed by atoms with Gasteiger partial charge in [-0.1, -0.05) is 6.92 Å². The van der Waals surface area contributed by atoms with E-state index in [0.29, 0.717) is 13.0 Å². The molecule has 3 atom stereocenters.